The van der Waals surface area contributed by atoms with Crippen LogP contribution in [0.5, 0.6) is 0 Å². The Kier molecular flexibility index (Phi) is 35.9. The summed E-state index contributed by atoms with van der Waals surface area (Å²) in [5, 5.41) is 119. The molecule has 4 aliphatic carbocycles. The molecule has 774 valence electrons. The van der Waals surface area contributed by atoms with Gasteiger partial charge in [-0.25, -0.2) is 78.6 Å². The number of aliphatic hydroxyl groups is 7. The average molecular weight is 2220 g/mol. The van der Waals surface area contributed by atoms with Gasteiger partial charge in [-0.15, -0.1) is 11.3 Å². The van der Waals surface area contributed by atoms with Crippen LogP contribution in [-0.2, 0) is 97.0 Å². The molecule has 0 bridgehead atoms. The summed E-state index contributed by atoms with van der Waals surface area (Å²) in [6, 6.07) is 23.3. The number of carbonyl (C=O) groups is 5. The highest BCUT2D eigenvalue weighted by Gasteiger charge is 2.46. The summed E-state index contributed by atoms with van der Waals surface area (Å²) in [7, 11) is -16.7. The predicted molar refractivity (Wildman–Crippen MR) is 513 cm³/mol. The molecule has 0 radical (unpaired) electrons. The van der Waals surface area contributed by atoms with E-state index in [1.54, 1.807) is 75.6 Å². The van der Waals surface area contributed by atoms with Gasteiger partial charge in [0.15, 0.2) is 5.78 Å². The molecule has 17 N–H and O–H groups in total. The first-order valence-corrected chi connectivity index (χ1v) is 52.2. The summed E-state index contributed by atoms with van der Waals surface area (Å²) in [4.78, 5) is 102. The monoisotopic (exact) mass is 2220 g/mol. The Balaban J connectivity index is 0.000000154. The number of nitrogens with zero attached hydrogens (tertiary/aromatic N) is 17. The van der Waals surface area contributed by atoms with Crippen LogP contribution in [0.15, 0.2) is 182 Å². The Morgan fingerprint density at radius 1 is 0.459 bits per heavy atom. The molecule has 10 aromatic heterocycles. The minimum Gasteiger partial charge on any atom is -0.393 e. The van der Waals surface area contributed by atoms with Gasteiger partial charge in [-0.1, -0.05) is 41.4 Å². The van der Waals surface area contributed by atoms with Crippen LogP contribution in [0, 0.1) is 53.0 Å². The molecule has 4 saturated carbocycles. The van der Waals surface area contributed by atoms with Crippen LogP contribution in [0.3, 0.4) is 0 Å². The molecule has 0 amide bonds. The first-order chi connectivity index (χ1) is 69.2. The van der Waals surface area contributed by atoms with Gasteiger partial charge < -0.3 is 46.4 Å². The van der Waals surface area contributed by atoms with Gasteiger partial charge in [0.25, 0.3) is 0 Å². The van der Waals surface area contributed by atoms with Crippen molar-refractivity contribution >= 4 is 142 Å². The second kappa shape index (κ2) is 47.8. The van der Waals surface area contributed by atoms with E-state index in [1.807, 2.05) is 35.7 Å². The number of rotatable bonds is 37. The summed E-state index contributed by atoms with van der Waals surface area (Å²) < 4.78 is 155. The number of nitrogens with two attached hydrogens (primary N) is 4. The van der Waals surface area contributed by atoms with Crippen LogP contribution in [0.4, 0.5) is 24.8 Å². The number of hydrogen-bond donors (Lipinski definition) is 13. The van der Waals surface area contributed by atoms with E-state index in [2.05, 4.69) is 109 Å². The second-order valence-electron chi connectivity index (χ2n) is 34.3. The lowest BCUT2D eigenvalue weighted by Crippen LogP contribution is -2.36. The standard InChI is InChI=1S/C24H24ClN5O6S2.C22H23ClN6O7S.C22H22F3N5O5S.C20H22BrN7O6S/c25-16-1-2-21-17(7-16)15(11-37-21)9-30-4-3-19(29-30)24(33)18-8-27-12-28-20(18)6-13-5-14(23(32)22(13)31)10-36-38(26,34)35;23-14-3-1-2-12(6-14)18(30)9-29-5-4-16(28-29)20(32)15-8-25-11-26-22(15)27-17-7-13(19(31)21(17)33)10-36-37(24,34)35;23-14-6-17(24)16(18(25)7-14)9-30-2-1-19(29-30)22(32)15-8-27-11-28-20(15)4-12-3-13(21(31)5-12)10-35-36(26,33)34;21-16-3-1-2-12(25-16)8-28-5-4-14(27-28)18(30)13-7-23-10-24-20(13)26-15-6-11(17(29)19(15)31)9-34-35(22,32)33/h1-4,7-8,11-14,22-23,31-32H,5-6,9-10H2,(H2,26,34,35);1-6,8,11,13,17,19,21,31,33H,7,9-10H2,(H2,24,34,35)(H,25,26,27);1-2,6-8,11-13,21,31H,3-5,9-10H2,(H2,26,33,34);1-5,7,10-11,15,17,19,29,31H,6,8-9H2,(H2,22,32,33)(H,23,24,26)/t13-,14+,22-,23+;13-,17-,19-,21+;12-,13+,21-;11-,15-,17-,19+/m0101/s1. The number of thiophene rings is 1. The second-order valence-corrected chi connectivity index (χ2v) is 41.7. The molecule has 0 saturated heterocycles. The summed E-state index contributed by atoms with van der Waals surface area (Å²) in [5.74, 6) is -8.23. The summed E-state index contributed by atoms with van der Waals surface area (Å²) in [5.41, 5.74) is 3.53. The molecular weight excluding hydrogens is 2130 g/mol. The normalized spacial score (nSPS) is 21.4. The Labute approximate surface area is 851 Å². The average Bonchev–Trinajstić information content (AvgIpc) is 1.65. The lowest BCUT2D eigenvalue weighted by atomic mass is 9.95. The fourth-order valence-corrected chi connectivity index (χ4v) is 20.1. The van der Waals surface area contributed by atoms with Gasteiger partial charge in [0.05, 0.1) is 128 Å². The lowest BCUT2D eigenvalue weighted by molar-refractivity contribution is -0.00334. The van der Waals surface area contributed by atoms with Crippen molar-refractivity contribution in [2.24, 2.45) is 56.1 Å². The topological polar surface area (TPSA) is 716 Å². The third-order valence-corrected chi connectivity index (χ3v) is 27.8. The highest BCUT2D eigenvalue weighted by molar-refractivity contribution is 9.10. The van der Waals surface area contributed by atoms with Crippen molar-refractivity contribution in [1.82, 2.24) is 84.0 Å². The molecule has 58 heteroatoms. The fraction of sp³-hybridized carbons (Fsp3) is 0.341. The molecule has 15 atom stereocenters. The zero-order valence-corrected chi connectivity index (χ0v) is 83.0. The van der Waals surface area contributed by atoms with Gasteiger partial charge in [-0.05, 0) is 156 Å². The van der Waals surface area contributed by atoms with Crippen LogP contribution >= 0.6 is 50.5 Å². The molecule has 13 aromatic rings. The van der Waals surface area contributed by atoms with E-state index >= 15 is 0 Å². The highest BCUT2D eigenvalue weighted by atomic mass is 79.9. The van der Waals surface area contributed by atoms with E-state index in [-0.39, 0.29) is 126 Å². The van der Waals surface area contributed by atoms with Gasteiger partial charge >= 0.3 is 41.2 Å². The van der Waals surface area contributed by atoms with Crippen LogP contribution in [0.1, 0.15) is 135 Å². The number of carbonyl (C=O) groups excluding carboxylic acids is 5. The van der Waals surface area contributed by atoms with E-state index in [9.17, 15) is 107 Å². The van der Waals surface area contributed by atoms with Gasteiger partial charge in [0.2, 0.25) is 23.1 Å². The summed E-state index contributed by atoms with van der Waals surface area (Å²) in [6.07, 6.45) is 10.00. The molecule has 0 spiro atoms. The number of ketones is 5. The first kappa shape index (κ1) is 110. The number of fused-ring (bicyclic) bond motifs is 1. The van der Waals surface area contributed by atoms with Crippen LogP contribution in [-0.4, -0.2) is 264 Å². The molecular formula is C88H91BrCl2F3N23O24S5. The number of hydrogen-bond acceptors (Lipinski definition) is 40. The number of aromatic nitrogens is 17. The first-order valence-electron chi connectivity index (χ1n) is 43.9. The molecule has 0 aliphatic heterocycles. The van der Waals surface area contributed by atoms with Crippen molar-refractivity contribution < 1.29 is 123 Å². The minimum absolute atomic E-state index is 0.0140. The predicted octanol–water partition coefficient (Wildman–Crippen LogP) is 3.50. The van der Waals surface area contributed by atoms with E-state index < -0.39 is 179 Å². The molecule has 47 nitrogen and oxygen atoms in total. The van der Waals surface area contributed by atoms with Crippen molar-refractivity contribution in [2.75, 3.05) is 37.1 Å². The number of benzene rings is 3. The molecule has 4 aliphatic rings. The molecule has 4 fully saturated rings. The fourth-order valence-electron chi connectivity index (χ4n) is 16.9. The third-order valence-electron chi connectivity index (χ3n) is 24.1. The lowest BCUT2D eigenvalue weighted by Gasteiger charge is -2.19. The van der Waals surface area contributed by atoms with Crippen molar-refractivity contribution in [2.45, 2.75) is 126 Å². The molecule has 0 unspecified atom stereocenters. The van der Waals surface area contributed by atoms with Crippen LogP contribution in [0.25, 0.3) is 10.1 Å². The minimum atomic E-state index is -4.22. The maximum absolute atomic E-state index is 14.0. The number of Topliss-reactive ketones (excluding diaryl/α,β-unsaturated/α-hetero) is 1. The van der Waals surface area contributed by atoms with Crippen molar-refractivity contribution in [3.05, 3.63) is 288 Å². The molecule has 3 aromatic carbocycles. The van der Waals surface area contributed by atoms with E-state index in [0.29, 0.717) is 76.1 Å². The zero-order chi connectivity index (χ0) is 105. The SMILES string of the molecule is NS(=O)(=O)OC[C@H]1C[C@@H](Cc2ncncc2C(=O)c2ccn(Cc3c(F)cc(F)cc3F)n2)C[C@@H]1O.NS(=O)(=O)OC[C@H]1C[C@@H](Cc2ncncc2C(=O)c2ccn(Cc3csc4ccc(Cl)cc34)n2)[C@H](O)[C@@H]1O.NS(=O)(=O)OC[C@H]1C[C@@H](Nc2ncncc2C(=O)c2ccn(CC(=O)c3cccc(Cl)c3)n2)[C@H](O)[C@@H]1O.NS(=O)(=O)OC[C@H]1C[C@@H](Nc2ncncc2C(=O)c2ccn(Cc3cccc(Br)n3)n2)[C@H](O)[C@@H]1O. The zero-order valence-electron chi connectivity index (χ0n) is 75.8. The van der Waals surface area contributed by atoms with Crippen LogP contribution < -0.4 is 31.2 Å². The Hall–Kier alpha value is -12.1. The number of anilines is 2. The Morgan fingerprint density at radius 2 is 0.884 bits per heavy atom. The maximum Gasteiger partial charge on any atom is 0.333 e. The number of nitrogens with one attached hydrogen (secondary N) is 2. The van der Waals surface area contributed by atoms with Crippen molar-refractivity contribution in [3.8, 4) is 0 Å². The third kappa shape index (κ3) is 29.3. The van der Waals surface area contributed by atoms with Gasteiger partial charge in [-0.2, -0.15) is 54.1 Å². The number of aliphatic hydroxyl groups excluding tert-OH is 7. The molecule has 17 rings (SSSR count). The van der Waals surface area contributed by atoms with E-state index in [4.69, 9.17) is 43.8 Å². The summed E-state index contributed by atoms with van der Waals surface area (Å²) >= 11 is 17.0. The van der Waals surface area contributed by atoms with Crippen LogP contribution in [0.2, 0.25) is 10.0 Å². The number of pyridine rings is 1. The highest BCUT2D eigenvalue weighted by Crippen LogP contribution is 2.39. The largest absolute Gasteiger partial charge is 0.393 e. The quantitative estimate of drug-likeness (QED) is 0.0196. The van der Waals surface area contributed by atoms with Crippen molar-refractivity contribution in [1.29, 1.82) is 0 Å². The molecule has 146 heavy (non-hydrogen) atoms. The van der Waals surface area contributed by atoms with Gasteiger partial charge in [0, 0.05) is 111 Å². The Morgan fingerprint density at radius 3 is 1.38 bits per heavy atom. The smallest absolute Gasteiger partial charge is 0.333 e. The van der Waals surface area contributed by atoms with E-state index in [1.165, 1.54) is 79.3 Å². The van der Waals surface area contributed by atoms with Crippen molar-refractivity contribution in [3.63, 3.8) is 0 Å². The molecule has 10 heterocycles. The Bertz CT molecular complexity index is 7420. The van der Waals surface area contributed by atoms with E-state index in [0.717, 1.165) is 26.0 Å². The summed E-state index contributed by atoms with van der Waals surface area (Å²) in [6.45, 7) is -1.07. The van der Waals surface area contributed by atoms with Gasteiger partial charge in [-0.3, -0.25) is 59.4 Å². The number of halogens is 6. The van der Waals surface area contributed by atoms with Gasteiger partial charge in [0.1, 0.15) is 101 Å². The maximum atomic E-state index is 14.0.